The summed E-state index contributed by atoms with van der Waals surface area (Å²) in [6.45, 7) is 7.94. The zero-order valence-corrected chi connectivity index (χ0v) is 9.33. The molecule has 1 aromatic rings. The van der Waals surface area contributed by atoms with Crippen molar-refractivity contribution in [2.45, 2.75) is 39.5 Å². The summed E-state index contributed by atoms with van der Waals surface area (Å²) in [5.41, 5.74) is 0.614. The minimum atomic E-state index is -0.394. The van der Waals surface area contributed by atoms with Gasteiger partial charge in [0.25, 0.3) is 0 Å². The van der Waals surface area contributed by atoms with Crippen molar-refractivity contribution in [3.63, 3.8) is 0 Å². The standard InChI is InChI=1S/C10H14N2S/c1-5-8-12-7(2)9(13-8)10(3,4)6-11/h5H2,1-4H3. The van der Waals surface area contributed by atoms with Gasteiger partial charge in [-0.05, 0) is 27.2 Å². The average molecular weight is 194 g/mol. The second-order valence-corrected chi connectivity index (χ2v) is 4.70. The zero-order chi connectivity index (χ0) is 10.1. The zero-order valence-electron chi connectivity index (χ0n) is 8.51. The number of hydrogen-bond donors (Lipinski definition) is 0. The maximum Gasteiger partial charge on any atom is 0.0928 e. The Bertz CT molecular complexity index is 344. The molecule has 0 N–H and O–H groups in total. The third-order valence-corrected chi connectivity index (χ3v) is 3.62. The van der Waals surface area contributed by atoms with Crippen molar-refractivity contribution in [2.24, 2.45) is 0 Å². The molecule has 0 unspecified atom stereocenters. The van der Waals surface area contributed by atoms with Gasteiger partial charge in [0.05, 0.1) is 22.2 Å². The first-order valence-electron chi connectivity index (χ1n) is 4.39. The molecule has 13 heavy (non-hydrogen) atoms. The number of thiazole rings is 1. The maximum absolute atomic E-state index is 8.98. The Hall–Kier alpha value is -0.880. The first-order valence-corrected chi connectivity index (χ1v) is 5.21. The van der Waals surface area contributed by atoms with E-state index in [4.69, 9.17) is 5.26 Å². The Morgan fingerprint density at radius 2 is 2.15 bits per heavy atom. The fraction of sp³-hybridized carbons (Fsp3) is 0.600. The highest BCUT2D eigenvalue weighted by Crippen LogP contribution is 2.31. The number of aryl methyl sites for hydroxylation is 2. The van der Waals surface area contributed by atoms with Crippen LogP contribution in [0.25, 0.3) is 0 Å². The number of hydrogen-bond acceptors (Lipinski definition) is 3. The molecule has 70 valence electrons. The van der Waals surface area contributed by atoms with Crippen LogP contribution in [0.3, 0.4) is 0 Å². The van der Waals surface area contributed by atoms with E-state index in [9.17, 15) is 0 Å². The van der Waals surface area contributed by atoms with Gasteiger partial charge in [0.1, 0.15) is 0 Å². The Labute approximate surface area is 83.2 Å². The maximum atomic E-state index is 8.98. The lowest BCUT2D eigenvalue weighted by molar-refractivity contribution is 0.695. The molecule has 3 heteroatoms. The van der Waals surface area contributed by atoms with E-state index < -0.39 is 5.41 Å². The van der Waals surface area contributed by atoms with E-state index >= 15 is 0 Å². The van der Waals surface area contributed by atoms with E-state index in [0.717, 1.165) is 22.0 Å². The molecule has 1 aromatic heterocycles. The van der Waals surface area contributed by atoms with Crippen molar-refractivity contribution in [3.05, 3.63) is 15.6 Å². The minimum absolute atomic E-state index is 0.394. The van der Waals surface area contributed by atoms with Gasteiger partial charge in [-0.15, -0.1) is 11.3 Å². The highest BCUT2D eigenvalue weighted by atomic mass is 32.1. The van der Waals surface area contributed by atoms with Crippen molar-refractivity contribution in [1.29, 1.82) is 5.26 Å². The van der Waals surface area contributed by atoms with Gasteiger partial charge in [0, 0.05) is 4.88 Å². The summed E-state index contributed by atoms with van der Waals surface area (Å²) in [6, 6.07) is 2.31. The van der Waals surface area contributed by atoms with E-state index in [1.54, 1.807) is 11.3 Å². The molecule has 0 saturated heterocycles. The van der Waals surface area contributed by atoms with Crippen LogP contribution in [0.5, 0.6) is 0 Å². The van der Waals surface area contributed by atoms with Crippen molar-refractivity contribution in [1.82, 2.24) is 4.98 Å². The molecule has 0 bridgehead atoms. The summed E-state index contributed by atoms with van der Waals surface area (Å²) in [5.74, 6) is 0. The second-order valence-electron chi connectivity index (χ2n) is 3.61. The first-order chi connectivity index (χ1) is 6.01. The second kappa shape index (κ2) is 3.47. The highest BCUT2D eigenvalue weighted by Gasteiger charge is 2.25. The number of aromatic nitrogens is 1. The van der Waals surface area contributed by atoms with Crippen LogP contribution in [0.2, 0.25) is 0 Å². The molecular weight excluding hydrogens is 180 g/mol. The Kier molecular flexibility index (Phi) is 2.72. The minimum Gasteiger partial charge on any atom is -0.246 e. The molecule has 0 aliphatic heterocycles. The van der Waals surface area contributed by atoms with Crippen LogP contribution in [0.1, 0.15) is 36.3 Å². The molecule has 0 amide bonds. The van der Waals surface area contributed by atoms with Crippen LogP contribution in [0, 0.1) is 18.3 Å². The predicted molar refractivity (Wildman–Crippen MR) is 54.9 cm³/mol. The fourth-order valence-corrected chi connectivity index (χ4v) is 2.29. The number of nitrogens with zero attached hydrogens (tertiary/aromatic N) is 2. The van der Waals surface area contributed by atoms with Crippen LogP contribution >= 0.6 is 11.3 Å². The number of nitriles is 1. The summed E-state index contributed by atoms with van der Waals surface area (Å²) in [6.07, 6.45) is 0.951. The number of rotatable bonds is 2. The van der Waals surface area contributed by atoms with Gasteiger partial charge in [-0.1, -0.05) is 6.92 Å². The molecule has 1 heterocycles. The quantitative estimate of drug-likeness (QED) is 0.726. The summed E-state index contributed by atoms with van der Waals surface area (Å²) in [5, 5.41) is 10.1. The molecule has 0 spiro atoms. The topological polar surface area (TPSA) is 36.7 Å². The third-order valence-electron chi connectivity index (χ3n) is 1.99. The van der Waals surface area contributed by atoms with Crippen molar-refractivity contribution < 1.29 is 0 Å². The average Bonchev–Trinajstić information content (AvgIpc) is 2.47. The Morgan fingerprint density at radius 1 is 1.54 bits per heavy atom. The van der Waals surface area contributed by atoms with Crippen LogP contribution in [0.4, 0.5) is 0 Å². The normalized spacial score (nSPS) is 11.3. The van der Waals surface area contributed by atoms with Crippen molar-refractivity contribution in [2.75, 3.05) is 0 Å². The molecule has 0 saturated carbocycles. The van der Waals surface area contributed by atoms with E-state index in [0.29, 0.717) is 0 Å². The summed E-state index contributed by atoms with van der Waals surface area (Å²) >= 11 is 1.66. The molecule has 0 aromatic carbocycles. The van der Waals surface area contributed by atoms with Gasteiger partial charge < -0.3 is 0 Å². The Morgan fingerprint density at radius 3 is 2.54 bits per heavy atom. The largest absolute Gasteiger partial charge is 0.246 e. The van der Waals surface area contributed by atoms with Gasteiger partial charge >= 0.3 is 0 Å². The predicted octanol–water partition coefficient (Wildman–Crippen LogP) is 2.82. The van der Waals surface area contributed by atoms with Gasteiger partial charge in [0.2, 0.25) is 0 Å². The molecule has 0 aliphatic rings. The molecule has 0 fully saturated rings. The van der Waals surface area contributed by atoms with Gasteiger partial charge in [-0.25, -0.2) is 4.98 Å². The van der Waals surface area contributed by atoms with E-state index in [1.807, 2.05) is 20.8 Å². The van der Waals surface area contributed by atoms with Crippen molar-refractivity contribution >= 4 is 11.3 Å². The molecular formula is C10H14N2S. The van der Waals surface area contributed by atoms with Crippen LogP contribution in [0.15, 0.2) is 0 Å². The van der Waals surface area contributed by atoms with Crippen molar-refractivity contribution in [3.8, 4) is 6.07 Å². The molecule has 2 nitrogen and oxygen atoms in total. The van der Waals surface area contributed by atoms with Gasteiger partial charge in [-0.3, -0.25) is 0 Å². The van der Waals surface area contributed by atoms with E-state index in [-0.39, 0.29) is 0 Å². The molecule has 0 radical (unpaired) electrons. The SMILES string of the molecule is CCc1nc(C)c(C(C)(C)C#N)s1. The third kappa shape index (κ3) is 1.89. The molecule has 1 rings (SSSR count). The van der Waals surface area contributed by atoms with E-state index in [2.05, 4.69) is 18.0 Å². The monoisotopic (exact) mass is 194 g/mol. The van der Waals surface area contributed by atoms with Crippen LogP contribution in [-0.4, -0.2) is 4.98 Å². The molecule has 0 aliphatic carbocycles. The summed E-state index contributed by atoms with van der Waals surface area (Å²) in [7, 11) is 0. The lowest BCUT2D eigenvalue weighted by Crippen LogP contribution is -2.13. The summed E-state index contributed by atoms with van der Waals surface area (Å²) < 4.78 is 0. The smallest absolute Gasteiger partial charge is 0.0928 e. The van der Waals surface area contributed by atoms with Crippen LogP contribution in [-0.2, 0) is 11.8 Å². The molecule has 0 atom stereocenters. The fourth-order valence-electron chi connectivity index (χ4n) is 1.23. The van der Waals surface area contributed by atoms with Crippen LogP contribution < -0.4 is 0 Å². The summed E-state index contributed by atoms with van der Waals surface area (Å²) in [4.78, 5) is 5.51. The van der Waals surface area contributed by atoms with Gasteiger partial charge in [-0.2, -0.15) is 5.26 Å². The van der Waals surface area contributed by atoms with Gasteiger partial charge in [0.15, 0.2) is 0 Å². The Balaban J connectivity index is 3.16. The van der Waals surface area contributed by atoms with E-state index in [1.165, 1.54) is 0 Å². The highest BCUT2D eigenvalue weighted by molar-refractivity contribution is 7.12. The lowest BCUT2D eigenvalue weighted by Gasteiger charge is -2.12. The lowest BCUT2D eigenvalue weighted by atomic mass is 9.93. The first kappa shape index (κ1) is 10.2.